The molecule has 1 aliphatic rings. The Hall–Kier alpha value is -0.570. The molecular formula is C9H16O3. The molecule has 1 fully saturated rings. The molecule has 70 valence electrons. The number of hydrogen-bond acceptors (Lipinski definition) is 3. The highest BCUT2D eigenvalue weighted by atomic mass is 16.5. The van der Waals surface area contributed by atoms with Gasteiger partial charge in [-0.2, -0.15) is 0 Å². The highest BCUT2D eigenvalue weighted by molar-refractivity contribution is 5.73. The van der Waals surface area contributed by atoms with E-state index < -0.39 is 0 Å². The molecule has 0 aromatic rings. The number of rotatable bonds is 3. The number of ether oxygens (including phenoxy) is 2. The van der Waals surface area contributed by atoms with Crippen molar-refractivity contribution in [2.75, 3.05) is 13.2 Å². The second-order valence-electron chi connectivity index (χ2n) is 2.96. The van der Waals surface area contributed by atoms with E-state index in [1.807, 2.05) is 13.8 Å². The number of esters is 1. The van der Waals surface area contributed by atoms with Crippen molar-refractivity contribution < 1.29 is 14.3 Å². The second-order valence-corrected chi connectivity index (χ2v) is 2.96. The van der Waals surface area contributed by atoms with E-state index in [2.05, 4.69) is 0 Å². The summed E-state index contributed by atoms with van der Waals surface area (Å²) in [7, 11) is 0. The van der Waals surface area contributed by atoms with Gasteiger partial charge in [0.25, 0.3) is 0 Å². The van der Waals surface area contributed by atoms with Crippen LogP contribution < -0.4 is 0 Å². The van der Waals surface area contributed by atoms with Crippen LogP contribution in [-0.2, 0) is 14.3 Å². The van der Waals surface area contributed by atoms with Gasteiger partial charge < -0.3 is 9.47 Å². The molecule has 12 heavy (non-hydrogen) atoms. The first-order valence-corrected chi connectivity index (χ1v) is 4.57. The van der Waals surface area contributed by atoms with E-state index in [9.17, 15) is 4.79 Å². The van der Waals surface area contributed by atoms with Crippen LogP contribution in [-0.4, -0.2) is 25.3 Å². The summed E-state index contributed by atoms with van der Waals surface area (Å²) in [5, 5.41) is 0. The predicted molar refractivity (Wildman–Crippen MR) is 44.8 cm³/mol. The summed E-state index contributed by atoms with van der Waals surface area (Å²) in [6, 6.07) is 0. The van der Waals surface area contributed by atoms with Crippen LogP contribution >= 0.6 is 0 Å². The average molecular weight is 172 g/mol. The highest BCUT2D eigenvalue weighted by Gasteiger charge is 2.33. The Morgan fingerprint density at radius 1 is 1.58 bits per heavy atom. The van der Waals surface area contributed by atoms with Crippen LogP contribution in [0.25, 0.3) is 0 Å². The zero-order valence-electron chi connectivity index (χ0n) is 7.71. The molecule has 0 aromatic carbocycles. The topological polar surface area (TPSA) is 35.5 Å². The maximum absolute atomic E-state index is 11.3. The Morgan fingerprint density at radius 2 is 2.33 bits per heavy atom. The van der Waals surface area contributed by atoms with Crippen LogP contribution in [0.3, 0.4) is 0 Å². The molecule has 1 heterocycles. The number of carbonyl (C=O) groups is 1. The quantitative estimate of drug-likeness (QED) is 0.603. The fourth-order valence-corrected chi connectivity index (χ4v) is 1.57. The minimum Gasteiger partial charge on any atom is -0.466 e. The SMILES string of the molecule is CCOC(=O)C1CCOC1CC. The van der Waals surface area contributed by atoms with Gasteiger partial charge >= 0.3 is 5.97 Å². The van der Waals surface area contributed by atoms with Gasteiger partial charge in [0.15, 0.2) is 0 Å². The van der Waals surface area contributed by atoms with Crippen molar-refractivity contribution in [3.63, 3.8) is 0 Å². The minimum absolute atomic E-state index is 0.0186. The minimum atomic E-state index is -0.0955. The lowest BCUT2D eigenvalue weighted by molar-refractivity contribution is -0.149. The lowest BCUT2D eigenvalue weighted by Gasteiger charge is -2.14. The number of hydrogen-bond donors (Lipinski definition) is 0. The van der Waals surface area contributed by atoms with Crippen LogP contribution in [0, 0.1) is 5.92 Å². The maximum atomic E-state index is 11.3. The smallest absolute Gasteiger partial charge is 0.311 e. The molecule has 1 aliphatic heterocycles. The number of carbonyl (C=O) groups excluding carboxylic acids is 1. The first kappa shape index (κ1) is 9.52. The third-order valence-electron chi connectivity index (χ3n) is 2.20. The fraction of sp³-hybridized carbons (Fsp3) is 0.889. The summed E-state index contributed by atoms with van der Waals surface area (Å²) in [6.45, 7) is 5.02. The highest BCUT2D eigenvalue weighted by Crippen LogP contribution is 2.24. The van der Waals surface area contributed by atoms with Gasteiger partial charge in [-0.25, -0.2) is 0 Å². The third kappa shape index (κ3) is 1.97. The molecule has 2 atom stereocenters. The standard InChI is InChI=1S/C9H16O3/c1-3-8-7(5-6-12-8)9(10)11-4-2/h7-8H,3-6H2,1-2H3. The van der Waals surface area contributed by atoms with Gasteiger partial charge in [0.1, 0.15) is 0 Å². The van der Waals surface area contributed by atoms with Crippen molar-refractivity contribution in [2.24, 2.45) is 5.92 Å². The summed E-state index contributed by atoms with van der Waals surface area (Å²) >= 11 is 0. The van der Waals surface area contributed by atoms with E-state index in [-0.39, 0.29) is 18.0 Å². The van der Waals surface area contributed by atoms with Crippen LogP contribution in [0.15, 0.2) is 0 Å². The second kappa shape index (κ2) is 4.45. The largest absolute Gasteiger partial charge is 0.466 e. The Kier molecular flexibility index (Phi) is 3.53. The van der Waals surface area contributed by atoms with Crippen LogP contribution in [0.5, 0.6) is 0 Å². The molecule has 0 aromatic heterocycles. The molecule has 3 nitrogen and oxygen atoms in total. The van der Waals surface area contributed by atoms with Gasteiger partial charge in [0, 0.05) is 6.61 Å². The van der Waals surface area contributed by atoms with Gasteiger partial charge in [-0.05, 0) is 19.8 Å². The van der Waals surface area contributed by atoms with E-state index in [1.165, 1.54) is 0 Å². The average Bonchev–Trinajstić information content (AvgIpc) is 2.51. The van der Waals surface area contributed by atoms with Crippen molar-refractivity contribution in [2.45, 2.75) is 32.8 Å². The summed E-state index contributed by atoms with van der Waals surface area (Å²) in [5.41, 5.74) is 0. The Labute approximate surface area is 73.0 Å². The van der Waals surface area contributed by atoms with Gasteiger partial charge in [0.2, 0.25) is 0 Å². The van der Waals surface area contributed by atoms with Crippen molar-refractivity contribution >= 4 is 5.97 Å². The van der Waals surface area contributed by atoms with E-state index in [0.29, 0.717) is 13.2 Å². The summed E-state index contributed by atoms with van der Waals surface area (Å²) < 4.78 is 10.3. The van der Waals surface area contributed by atoms with Crippen molar-refractivity contribution in [3.05, 3.63) is 0 Å². The molecule has 0 radical (unpaired) electrons. The summed E-state index contributed by atoms with van der Waals surface area (Å²) in [6.07, 6.45) is 1.80. The third-order valence-corrected chi connectivity index (χ3v) is 2.20. The van der Waals surface area contributed by atoms with Crippen LogP contribution in [0.2, 0.25) is 0 Å². The van der Waals surface area contributed by atoms with Gasteiger partial charge in [-0.3, -0.25) is 4.79 Å². The zero-order valence-corrected chi connectivity index (χ0v) is 7.71. The molecule has 2 unspecified atom stereocenters. The molecule has 1 saturated heterocycles. The van der Waals surface area contributed by atoms with Gasteiger partial charge in [-0.15, -0.1) is 0 Å². The Morgan fingerprint density at radius 3 is 2.92 bits per heavy atom. The molecule has 1 rings (SSSR count). The van der Waals surface area contributed by atoms with Crippen molar-refractivity contribution in [1.82, 2.24) is 0 Å². The van der Waals surface area contributed by atoms with E-state index in [1.54, 1.807) is 0 Å². The van der Waals surface area contributed by atoms with Crippen molar-refractivity contribution in [3.8, 4) is 0 Å². The molecule has 0 amide bonds. The zero-order chi connectivity index (χ0) is 8.97. The molecule has 0 bridgehead atoms. The maximum Gasteiger partial charge on any atom is 0.311 e. The Balaban J connectivity index is 2.43. The van der Waals surface area contributed by atoms with Crippen molar-refractivity contribution in [1.29, 1.82) is 0 Å². The molecule has 0 spiro atoms. The summed E-state index contributed by atoms with van der Waals surface area (Å²) in [4.78, 5) is 11.3. The van der Waals surface area contributed by atoms with E-state index in [0.717, 1.165) is 12.8 Å². The van der Waals surface area contributed by atoms with Gasteiger partial charge in [0.05, 0.1) is 18.6 Å². The molecule has 0 saturated carbocycles. The normalized spacial score (nSPS) is 28.8. The molecular weight excluding hydrogens is 156 g/mol. The lowest BCUT2D eigenvalue weighted by Crippen LogP contribution is -2.25. The summed E-state index contributed by atoms with van der Waals surface area (Å²) in [5.74, 6) is -0.114. The monoisotopic (exact) mass is 172 g/mol. The predicted octanol–water partition coefficient (Wildman–Crippen LogP) is 1.36. The molecule has 3 heteroatoms. The first-order valence-electron chi connectivity index (χ1n) is 4.57. The lowest BCUT2D eigenvalue weighted by atomic mass is 10.0. The van der Waals surface area contributed by atoms with Crippen LogP contribution in [0.1, 0.15) is 26.7 Å². The van der Waals surface area contributed by atoms with E-state index in [4.69, 9.17) is 9.47 Å². The fourth-order valence-electron chi connectivity index (χ4n) is 1.57. The Bertz CT molecular complexity index is 156. The van der Waals surface area contributed by atoms with E-state index >= 15 is 0 Å². The van der Waals surface area contributed by atoms with Gasteiger partial charge in [-0.1, -0.05) is 6.92 Å². The molecule has 0 aliphatic carbocycles. The van der Waals surface area contributed by atoms with Crippen LogP contribution in [0.4, 0.5) is 0 Å². The molecule has 0 N–H and O–H groups in total. The first-order chi connectivity index (χ1) is 5.79.